The molecule has 0 bridgehead atoms. The molecule has 0 amide bonds. The second kappa shape index (κ2) is 6.56. The molecule has 0 atom stereocenters. The fourth-order valence-electron chi connectivity index (χ4n) is 2.08. The normalized spacial score (nSPS) is 11.2. The summed E-state index contributed by atoms with van der Waals surface area (Å²) in [7, 11) is -3.71. The Morgan fingerprint density at radius 2 is 1.79 bits per heavy atom. The quantitative estimate of drug-likeness (QED) is 0.744. The third-order valence-electron chi connectivity index (χ3n) is 3.21. The van der Waals surface area contributed by atoms with Crippen molar-refractivity contribution in [2.75, 3.05) is 5.32 Å². The van der Waals surface area contributed by atoms with Crippen LogP contribution in [0.15, 0.2) is 65.7 Å². The molecule has 0 spiro atoms. The molecule has 3 N–H and O–H groups in total. The average molecular weight is 361 g/mol. The largest absolute Gasteiger partial charge is 0.324 e. The molecule has 0 radical (unpaired) electrons. The van der Waals surface area contributed by atoms with E-state index in [-0.39, 0.29) is 4.90 Å². The average Bonchev–Trinajstić information content (AvgIpc) is 2.55. The highest BCUT2D eigenvalue weighted by molar-refractivity contribution is 7.89. The van der Waals surface area contributed by atoms with Crippen LogP contribution in [0.2, 0.25) is 5.02 Å². The van der Waals surface area contributed by atoms with E-state index < -0.39 is 10.0 Å². The lowest BCUT2D eigenvalue weighted by molar-refractivity contribution is 0.598. The maximum Gasteiger partial charge on any atom is 0.238 e. The van der Waals surface area contributed by atoms with E-state index in [1.807, 2.05) is 18.2 Å². The van der Waals surface area contributed by atoms with Gasteiger partial charge in [0.2, 0.25) is 16.0 Å². The van der Waals surface area contributed by atoms with Crippen LogP contribution < -0.4 is 10.5 Å². The Hall–Kier alpha value is -2.48. The van der Waals surface area contributed by atoms with Crippen molar-refractivity contribution in [2.45, 2.75) is 4.90 Å². The first-order chi connectivity index (χ1) is 11.4. The van der Waals surface area contributed by atoms with E-state index in [2.05, 4.69) is 15.3 Å². The van der Waals surface area contributed by atoms with E-state index in [1.54, 1.807) is 30.5 Å². The molecule has 24 heavy (non-hydrogen) atoms. The van der Waals surface area contributed by atoms with E-state index >= 15 is 0 Å². The molecule has 0 saturated heterocycles. The Morgan fingerprint density at radius 3 is 2.46 bits per heavy atom. The third-order valence-corrected chi connectivity index (χ3v) is 4.38. The first-order valence-electron chi connectivity index (χ1n) is 6.91. The number of nitrogens with two attached hydrogens (primary N) is 1. The van der Waals surface area contributed by atoms with Crippen molar-refractivity contribution < 1.29 is 8.42 Å². The van der Waals surface area contributed by atoms with Crippen LogP contribution in [0, 0.1) is 0 Å². The zero-order valence-corrected chi connectivity index (χ0v) is 13.9. The molecule has 6 nitrogen and oxygen atoms in total. The van der Waals surface area contributed by atoms with Gasteiger partial charge in [-0.25, -0.2) is 23.5 Å². The molecule has 122 valence electrons. The van der Waals surface area contributed by atoms with Crippen LogP contribution in [-0.2, 0) is 10.0 Å². The van der Waals surface area contributed by atoms with E-state index in [0.717, 1.165) is 11.3 Å². The van der Waals surface area contributed by atoms with Crippen molar-refractivity contribution in [3.63, 3.8) is 0 Å². The maximum absolute atomic E-state index is 11.3. The number of benzene rings is 2. The topological polar surface area (TPSA) is 98.0 Å². The number of nitrogens with zero attached hydrogens (tertiary/aromatic N) is 2. The van der Waals surface area contributed by atoms with Crippen molar-refractivity contribution >= 4 is 33.3 Å². The lowest BCUT2D eigenvalue weighted by Crippen LogP contribution is -2.11. The predicted octanol–water partition coefficient (Wildman–Crippen LogP) is 3.19. The second-order valence-electron chi connectivity index (χ2n) is 4.97. The van der Waals surface area contributed by atoms with Crippen LogP contribution in [0.4, 0.5) is 11.6 Å². The third kappa shape index (κ3) is 3.88. The van der Waals surface area contributed by atoms with Gasteiger partial charge in [-0.1, -0.05) is 23.7 Å². The van der Waals surface area contributed by atoms with Gasteiger partial charge in [0, 0.05) is 22.5 Å². The molecule has 3 rings (SSSR count). The molecular weight excluding hydrogens is 348 g/mol. The maximum atomic E-state index is 11.3. The summed E-state index contributed by atoms with van der Waals surface area (Å²) in [6, 6.07) is 15.1. The minimum absolute atomic E-state index is 0.0432. The molecule has 0 aliphatic rings. The lowest BCUT2D eigenvalue weighted by Gasteiger charge is -2.07. The number of hydrogen-bond donors (Lipinski definition) is 2. The number of halogens is 1. The van der Waals surface area contributed by atoms with Gasteiger partial charge >= 0.3 is 0 Å². The van der Waals surface area contributed by atoms with Crippen LogP contribution in [0.5, 0.6) is 0 Å². The first-order valence-corrected chi connectivity index (χ1v) is 8.83. The number of rotatable bonds is 4. The Kier molecular flexibility index (Phi) is 4.48. The number of primary sulfonamides is 1. The summed E-state index contributed by atoms with van der Waals surface area (Å²) in [5.41, 5.74) is 2.24. The van der Waals surface area contributed by atoms with Gasteiger partial charge in [-0.2, -0.15) is 0 Å². The van der Waals surface area contributed by atoms with Gasteiger partial charge in [0.25, 0.3) is 0 Å². The Balaban J connectivity index is 1.85. The van der Waals surface area contributed by atoms with Crippen molar-refractivity contribution in [3.8, 4) is 11.3 Å². The van der Waals surface area contributed by atoms with E-state index in [0.29, 0.717) is 16.7 Å². The number of aromatic nitrogens is 2. The molecule has 1 aromatic heterocycles. The molecule has 0 fully saturated rings. The highest BCUT2D eigenvalue weighted by Gasteiger charge is 2.08. The highest BCUT2D eigenvalue weighted by atomic mass is 35.5. The van der Waals surface area contributed by atoms with E-state index in [4.69, 9.17) is 16.7 Å². The van der Waals surface area contributed by atoms with Crippen LogP contribution >= 0.6 is 11.6 Å². The predicted molar refractivity (Wildman–Crippen MR) is 93.6 cm³/mol. The van der Waals surface area contributed by atoms with Crippen molar-refractivity contribution in [3.05, 3.63) is 65.8 Å². The minimum atomic E-state index is -3.71. The van der Waals surface area contributed by atoms with Crippen molar-refractivity contribution in [2.24, 2.45) is 5.14 Å². The van der Waals surface area contributed by atoms with Crippen molar-refractivity contribution in [1.29, 1.82) is 0 Å². The van der Waals surface area contributed by atoms with Crippen molar-refractivity contribution in [1.82, 2.24) is 9.97 Å². The molecule has 2 aromatic carbocycles. The van der Waals surface area contributed by atoms with Crippen LogP contribution in [0.3, 0.4) is 0 Å². The number of anilines is 2. The van der Waals surface area contributed by atoms with Crippen LogP contribution in [0.25, 0.3) is 11.3 Å². The Bertz CT molecular complexity index is 975. The van der Waals surface area contributed by atoms with Gasteiger partial charge in [-0.3, -0.25) is 0 Å². The zero-order chi connectivity index (χ0) is 17.2. The standard InChI is InChI=1S/C16H13ClN4O2S/c17-12-3-1-2-11(10-12)15-8-9-19-16(21-15)20-13-4-6-14(7-5-13)24(18,22)23/h1-10H,(H2,18,22,23)(H,19,20,21). The van der Waals surface area contributed by atoms with Gasteiger partial charge in [0.15, 0.2) is 0 Å². The first kappa shape index (κ1) is 16.4. The smallest absolute Gasteiger partial charge is 0.238 e. The summed E-state index contributed by atoms with van der Waals surface area (Å²) in [4.78, 5) is 8.63. The highest BCUT2D eigenvalue weighted by Crippen LogP contribution is 2.22. The number of sulfonamides is 1. The second-order valence-corrected chi connectivity index (χ2v) is 6.97. The summed E-state index contributed by atoms with van der Waals surface area (Å²) in [5.74, 6) is 0.385. The number of nitrogens with one attached hydrogen (secondary N) is 1. The fourth-order valence-corrected chi connectivity index (χ4v) is 2.79. The number of hydrogen-bond acceptors (Lipinski definition) is 5. The van der Waals surface area contributed by atoms with Crippen LogP contribution in [-0.4, -0.2) is 18.4 Å². The SMILES string of the molecule is NS(=O)(=O)c1ccc(Nc2nccc(-c3cccc(Cl)c3)n2)cc1. The Labute approximate surface area is 144 Å². The summed E-state index contributed by atoms with van der Waals surface area (Å²) in [6.07, 6.45) is 1.63. The van der Waals surface area contributed by atoms with E-state index in [9.17, 15) is 8.42 Å². The van der Waals surface area contributed by atoms with Gasteiger partial charge in [0.1, 0.15) is 0 Å². The molecule has 0 aliphatic heterocycles. The van der Waals surface area contributed by atoms with E-state index in [1.165, 1.54) is 12.1 Å². The molecular formula is C16H13ClN4O2S. The Morgan fingerprint density at radius 1 is 1.04 bits per heavy atom. The molecule has 0 unspecified atom stereocenters. The molecule has 1 heterocycles. The molecule has 3 aromatic rings. The lowest BCUT2D eigenvalue weighted by atomic mass is 10.1. The fraction of sp³-hybridized carbons (Fsp3) is 0. The molecule has 0 aliphatic carbocycles. The summed E-state index contributed by atoms with van der Waals surface area (Å²) >= 11 is 6.00. The van der Waals surface area contributed by atoms with Crippen LogP contribution in [0.1, 0.15) is 0 Å². The minimum Gasteiger partial charge on any atom is -0.324 e. The summed E-state index contributed by atoms with van der Waals surface area (Å²) < 4.78 is 22.5. The van der Waals surface area contributed by atoms with Gasteiger partial charge in [-0.05, 0) is 42.5 Å². The summed E-state index contributed by atoms with van der Waals surface area (Å²) in [5, 5.41) is 8.71. The van der Waals surface area contributed by atoms with Gasteiger partial charge < -0.3 is 5.32 Å². The molecule has 0 saturated carbocycles. The summed E-state index contributed by atoms with van der Waals surface area (Å²) in [6.45, 7) is 0. The zero-order valence-electron chi connectivity index (χ0n) is 12.3. The van der Waals surface area contributed by atoms with Gasteiger partial charge in [-0.15, -0.1) is 0 Å². The monoisotopic (exact) mass is 360 g/mol. The van der Waals surface area contributed by atoms with Gasteiger partial charge in [0.05, 0.1) is 10.6 Å². The molecule has 8 heteroatoms.